The third-order valence-electron chi connectivity index (χ3n) is 3.17. The molecule has 1 amide bonds. The van der Waals surface area contributed by atoms with Crippen LogP contribution in [0.2, 0.25) is 0 Å². The van der Waals surface area contributed by atoms with E-state index in [0.717, 1.165) is 31.4 Å². The molecule has 0 spiro atoms. The van der Waals surface area contributed by atoms with E-state index in [9.17, 15) is 4.79 Å². The number of rotatable bonds is 7. The molecule has 0 bridgehead atoms. The predicted molar refractivity (Wildman–Crippen MR) is 72.6 cm³/mol. The van der Waals surface area contributed by atoms with Gasteiger partial charge in [-0.05, 0) is 26.2 Å². The Kier molecular flexibility index (Phi) is 5.89. The molecule has 1 rings (SSSR count). The summed E-state index contributed by atoms with van der Waals surface area (Å²) in [5.74, 6) is 0.198. The van der Waals surface area contributed by atoms with E-state index < -0.39 is 0 Å². The zero-order chi connectivity index (χ0) is 13.5. The molecule has 0 saturated heterocycles. The zero-order valence-corrected chi connectivity index (χ0v) is 11.9. The van der Waals surface area contributed by atoms with E-state index >= 15 is 0 Å². The van der Waals surface area contributed by atoms with Gasteiger partial charge in [0.05, 0.1) is 5.69 Å². The quantitative estimate of drug-likeness (QED) is 0.745. The number of amides is 1. The number of nitrogens with zero attached hydrogens (tertiary/aromatic N) is 2. The molecule has 0 N–H and O–H groups in total. The summed E-state index contributed by atoms with van der Waals surface area (Å²) in [6, 6.07) is 0.442. The minimum absolute atomic E-state index is 0.0639. The number of unbranched alkanes of at least 4 members (excludes halogenated alkanes) is 1. The van der Waals surface area contributed by atoms with Crippen molar-refractivity contribution < 1.29 is 9.21 Å². The Bertz CT molecular complexity index is 370. The fraction of sp³-hybridized carbons (Fsp3) is 0.714. The molecule has 1 heterocycles. The summed E-state index contributed by atoms with van der Waals surface area (Å²) in [6.45, 7) is 8.76. The van der Waals surface area contributed by atoms with Gasteiger partial charge in [0.1, 0.15) is 6.26 Å². The first-order chi connectivity index (χ1) is 8.63. The SMILES string of the molecule is CCCCN(C(=O)C(CC)CC)c1nc(C)co1. The molecule has 4 nitrogen and oxygen atoms in total. The summed E-state index contributed by atoms with van der Waals surface area (Å²) < 4.78 is 5.38. The average Bonchev–Trinajstić information content (AvgIpc) is 2.78. The van der Waals surface area contributed by atoms with Crippen molar-refractivity contribution in [1.29, 1.82) is 0 Å². The fourth-order valence-electron chi connectivity index (χ4n) is 1.94. The second kappa shape index (κ2) is 7.19. The van der Waals surface area contributed by atoms with Crippen LogP contribution in [0.5, 0.6) is 0 Å². The Balaban J connectivity index is 2.87. The van der Waals surface area contributed by atoms with Gasteiger partial charge in [0.2, 0.25) is 5.91 Å². The van der Waals surface area contributed by atoms with Gasteiger partial charge in [0, 0.05) is 12.5 Å². The van der Waals surface area contributed by atoms with Gasteiger partial charge >= 0.3 is 6.01 Å². The van der Waals surface area contributed by atoms with E-state index in [-0.39, 0.29) is 11.8 Å². The largest absolute Gasteiger partial charge is 0.431 e. The van der Waals surface area contributed by atoms with Gasteiger partial charge in [-0.2, -0.15) is 4.98 Å². The Labute approximate surface area is 109 Å². The fourth-order valence-corrected chi connectivity index (χ4v) is 1.94. The van der Waals surface area contributed by atoms with Crippen molar-refractivity contribution >= 4 is 11.9 Å². The molecular weight excluding hydrogens is 228 g/mol. The minimum Gasteiger partial charge on any atom is -0.431 e. The van der Waals surface area contributed by atoms with Gasteiger partial charge in [-0.1, -0.05) is 27.2 Å². The van der Waals surface area contributed by atoms with Gasteiger partial charge in [-0.15, -0.1) is 0 Å². The van der Waals surface area contributed by atoms with Gasteiger partial charge in [0.15, 0.2) is 0 Å². The van der Waals surface area contributed by atoms with Crippen LogP contribution in [0, 0.1) is 12.8 Å². The number of aromatic nitrogens is 1. The van der Waals surface area contributed by atoms with E-state index in [0.29, 0.717) is 12.6 Å². The monoisotopic (exact) mass is 252 g/mol. The first-order valence-corrected chi connectivity index (χ1v) is 6.87. The average molecular weight is 252 g/mol. The molecule has 4 heteroatoms. The molecule has 0 atom stereocenters. The molecule has 1 aromatic heterocycles. The van der Waals surface area contributed by atoms with Crippen LogP contribution in [0.1, 0.15) is 52.1 Å². The van der Waals surface area contributed by atoms with Gasteiger partial charge < -0.3 is 4.42 Å². The van der Waals surface area contributed by atoms with Crippen LogP contribution in [0.4, 0.5) is 6.01 Å². The van der Waals surface area contributed by atoms with Crippen molar-refractivity contribution in [3.05, 3.63) is 12.0 Å². The predicted octanol–water partition coefficient (Wildman–Crippen LogP) is 3.55. The summed E-state index contributed by atoms with van der Waals surface area (Å²) in [6.07, 6.45) is 5.32. The van der Waals surface area contributed by atoms with Gasteiger partial charge in [0.25, 0.3) is 0 Å². The Morgan fingerprint density at radius 1 is 1.39 bits per heavy atom. The van der Waals surface area contributed by atoms with E-state index in [1.54, 1.807) is 11.2 Å². The van der Waals surface area contributed by atoms with Gasteiger partial charge in [-0.3, -0.25) is 9.69 Å². The van der Waals surface area contributed by atoms with Crippen LogP contribution in [0.15, 0.2) is 10.7 Å². The van der Waals surface area contributed by atoms with Crippen molar-refractivity contribution in [3.63, 3.8) is 0 Å². The van der Waals surface area contributed by atoms with Crippen LogP contribution < -0.4 is 4.90 Å². The topological polar surface area (TPSA) is 46.3 Å². The number of aryl methyl sites for hydroxylation is 1. The van der Waals surface area contributed by atoms with Crippen molar-refractivity contribution in [2.24, 2.45) is 5.92 Å². The smallest absolute Gasteiger partial charge is 0.304 e. The molecule has 0 aliphatic heterocycles. The molecule has 1 aromatic rings. The maximum Gasteiger partial charge on any atom is 0.304 e. The van der Waals surface area contributed by atoms with Gasteiger partial charge in [-0.25, -0.2) is 0 Å². The van der Waals surface area contributed by atoms with Crippen molar-refractivity contribution in [1.82, 2.24) is 4.98 Å². The Hall–Kier alpha value is -1.32. The molecule has 0 unspecified atom stereocenters. The van der Waals surface area contributed by atoms with E-state index in [2.05, 4.69) is 11.9 Å². The summed E-state index contributed by atoms with van der Waals surface area (Å²) in [5, 5.41) is 0. The number of carbonyl (C=O) groups excluding carboxylic acids is 1. The third kappa shape index (κ3) is 3.59. The standard InChI is InChI=1S/C14H24N2O2/c1-5-8-9-16(13(17)12(6-2)7-3)14-15-11(4)10-18-14/h10,12H,5-9H2,1-4H3. The zero-order valence-electron chi connectivity index (χ0n) is 11.9. The first kappa shape index (κ1) is 14.7. The molecular formula is C14H24N2O2. The van der Waals surface area contributed by atoms with Crippen molar-refractivity contribution in [2.45, 2.75) is 53.4 Å². The summed E-state index contributed by atoms with van der Waals surface area (Å²) in [4.78, 5) is 18.4. The second-order valence-corrected chi connectivity index (χ2v) is 4.63. The van der Waals surface area contributed by atoms with E-state index in [1.165, 1.54) is 0 Å². The molecule has 0 aliphatic carbocycles. The molecule has 0 saturated carbocycles. The van der Waals surface area contributed by atoms with E-state index in [1.807, 2.05) is 20.8 Å². The lowest BCUT2D eigenvalue weighted by molar-refractivity contribution is -0.122. The van der Waals surface area contributed by atoms with Crippen LogP contribution in [0.3, 0.4) is 0 Å². The van der Waals surface area contributed by atoms with Crippen molar-refractivity contribution in [2.75, 3.05) is 11.4 Å². The number of carbonyl (C=O) groups is 1. The number of oxazole rings is 1. The normalized spacial score (nSPS) is 10.9. The van der Waals surface area contributed by atoms with Crippen LogP contribution >= 0.6 is 0 Å². The first-order valence-electron chi connectivity index (χ1n) is 6.87. The van der Waals surface area contributed by atoms with Crippen LogP contribution in [0.25, 0.3) is 0 Å². The molecule has 0 radical (unpaired) electrons. The number of hydrogen-bond acceptors (Lipinski definition) is 3. The highest BCUT2D eigenvalue weighted by Gasteiger charge is 2.25. The third-order valence-corrected chi connectivity index (χ3v) is 3.17. The molecule has 18 heavy (non-hydrogen) atoms. The molecule has 0 aromatic carbocycles. The highest BCUT2D eigenvalue weighted by molar-refractivity contribution is 5.93. The van der Waals surface area contributed by atoms with Crippen molar-refractivity contribution in [3.8, 4) is 0 Å². The van der Waals surface area contributed by atoms with Crippen LogP contribution in [-0.2, 0) is 4.79 Å². The maximum absolute atomic E-state index is 12.4. The van der Waals surface area contributed by atoms with Crippen LogP contribution in [-0.4, -0.2) is 17.4 Å². The lowest BCUT2D eigenvalue weighted by Crippen LogP contribution is -2.37. The van der Waals surface area contributed by atoms with E-state index in [4.69, 9.17) is 4.42 Å². The number of anilines is 1. The Morgan fingerprint density at radius 3 is 2.50 bits per heavy atom. The lowest BCUT2D eigenvalue weighted by atomic mass is 10.0. The highest BCUT2D eigenvalue weighted by atomic mass is 16.4. The summed E-state index contributed by atoms with van der Waals surface area (Å²) in [7, 11) is 0. The molecule has 0 fully saturated rings. The number of hydrogen-bond donors (Lipinski definition) is 0. The minimum atomic E-state index is 0.0639. The maximum atomic E-state index is 12.4. The summed E-state index contributed by atoms with van der Waals surface area (Å²) >= 11 is 0. The highest BCUT2D eigenvalue weighted by Crippen LogP contribution is 2.20. The second-order valence-electron chi connectivity index (χ2n) is 4.63. The molecule has 0 aliphatic rings. The lowest BCUT2D eigenvalue weighted by Gasteiger charge is -2.22. The summed E-state index contributed by atoms with van der Waals surface area (Å²) in [5.41, 5.74) is 0.809. The molecule has 102 valence electrons. The Morgan fingerprint density at radius 2 is 2.06 bits per heavy atom.